The first kappa shape index (κ1) is 19.2. The third-order valence-corrected chi connectivity index (χ3v) is 6.09. The zero-order chi connectivity index (χ0) is 20.5. The Morgan fingerprint density at radius 3 is 2.48 bits per heavy atom. The number of hydrogen-bond donors (Lipinski definition) is 3. The van der Waals surface area contributed by atoms with Crippen molar-refractivity contribution in [3.05, 3.63) is 75.6 Å². The van der Waals surface area contributed by atoms with Gasteiger partial charge in [0.1, 0.15) is 0 Å². The summed E-state index contributed by atoms with van der Waals surface area (Å²) in [5.41, 5.74) is 2.06. The van der Waals surface area contributed by atoms with Crippen molar-refractivity contribution < 1.29 is 14.4 Å². The minimum atomic E-state index is -0.462. The fourth-order valence-electron chi connectivity index (χ4n) is 3.04. The summed E-state index contributed by atoms with van der Waals surface area (Å²) in [6.07, 6.45) is 0. The number of hydrogen-bond acceptors (Lipinski definition) is 4. The molecule has 1 aliphatic rings. The van der Waals surface area contributed by atoms with Gasteiger partial charge in [-0.3, -0.25) is 14.9 Å². The van der Waals surface area contributed by atoms with Crippen molar-refractivity contribution in [2.75, 3.05) is 5.32 Å². The van der Waals surface area contributed by atoms with Gasteiger partial charge in [-0.05, 0) is 55.0 Å². The monoisotopic (exact) mass is 425 g/mol. The molecule has 146 valence electrons. The first-order chi connectivity index (χ1) is 13.9. The molecule has 4 amide bonds. The molecule has 8 heteroatoms. The molecule has 0 aliphatic carbocycles. The van der Waals surface area contributed by atoms with Crippen molar-refractivity contribution in [3.63, 3.8) is 0 Å². The van der Waals surface area contributed by atoms with Crippen molar-refractivity contribution >= 4 is 46.5 Å². The Bertz CT molecular complexity index is 1120. The zero-order valence-corrected chi connectivity index (χ0v) is 16.9. The lowest BCUT2D eigenvalue weighted by atomic mass is 10.1. The van der Waals surface area contributed by atoms with Gasteiger partial charge in [0.05, 0.1) is 17.2 Å². The van der Waals surface area contributed by atoms with E-state index < -0.39 is 17.8 Å². The quantitative estimate of drug-likeness (QED) is 0.523. The zero-order valence-electron chi connectivity index (χ0n) is 15.3. The molecule has 0 saturated heterocycles. The number of benzene rings is 2. The van der Waals surface area contributed by atoms with Crippen LogP contribution in [0.4, 0.5) is 10.5 Å². The molecule has 2 aromatic carbocycles. The van der Waals surface area contributed by atoms with Crippen LogP contribution in [0, 0.1) is 0 Å². The van der Waals surface area contributed by atoms with Crippen molar-refractivity contribution in [1.29, 1.82) is 0 Å². The molecule has 0 saturated carbocycles. The van der Waals surface area contributed by atoms with Gasteiger partial charge in [-0.15, -0.1) is 11.3 Å². The van der Waals surface area contributed by atoms with E-state index in [9.17, 15) is 14.4 Å². The van der Waals surface area contributed by atoms with E-state index in [0.29, 0.717) is 16.3 Å². The number of carbonyl (C=O) groups is 3. The lowest BCUT2D eigenvalue weighted by molar-refractivity contribution is 0.0879. The van der Waals surface area contributed by atoms with E-state index in [1.807, 2.05) is 43.3 Å². The van der Waals surface area contributed by atoms with E-state index in [1.54, 1.807) is 17.4 Å². The van der Waals surface area contributed by atoms with Crippen LogP contribution < -0.4 is 16.0 Å². The van der Waals surface area contributed by atoms with Crippen molar-refractivity contribution in [3.8, 4) is 10.4 Å². The van der Waals surface area contributed by atoms with Gasteiger partial charge >= 0.3 is 6.03 Å². The predicted molar refractivity (Wildman–Crippen MR) is 114 cm³/mol. The Labute approximate surface area is 175 Å². The summed E-state index contributed by atoms with van der Waals surface area (Å²) in [4.78, 5) is 37.8. The number of imide groups is 1. The molecule has 1 aliphatic heterocycles. The van der Waals surface area contributed by atoms with Crippen molar-refractivity contribution in [2.45, 2.75) is 13.0 Å². The second-order valence-electron chi connectivity index (χ2n) is 6.57. The van der Waals surface area contributed by atoms with Gasteiger partial charge in [-0.25, -0.2) is 4.79 Å². The van der Waals surface area contributed by atoms with Crippen LogP contribution in [0.3, 0.4) is 0 Å². The van der Waals surface area contributed by atoms with Gasteiger partial charge in [-0.2, -0.15) is 0 Å². The molecule has 3 aromatic rings. The highest BCUT2D eigenvalue weighted by Crippen LogP contribution is 2.32. The number of urea groups is 1. The van der Waals surface area contributed by atoms with E-state index in [1.165, 1.54) is 12.1 Å². The number of anilines is 1. The average Bonchev–Trinajstić information content (AvgIpc) is 3.28. The second-order valence-corrected chi connectivity index (χ2v) is 8.12. The highest BCUT2D eigenvalue weighted by molar-refractivity contribution is 7.15. The van der Waals surface area contributed by atoms with Crippen LogP contribution in [0.2, 0.25) is 5.02 Å². The van der Waals surface area contributed by atoms with Crippen LogP contribution in [0.1, 0.15) is 38.6 Å². The molecule has 29 heavy (non-hydrogen) atoms. The molecule has 4 rings (SSSR count). The minimum absolute atomic E-state index is 0.208. The van der Waals surface area contributed by atoms with E-state index in [0.717, 1.165) is 15.3 Å². The molecule has 1 atom stereocenters. The van der Waals surface area contributed by atoms with Crippen LogP contribution in [0.5, 0.6) is 0 Å². The van der Waals surface area contributed by atoms with Gasteiger partial charge in [-0.1, -0.05) is 23.7 Å². The third-order valence-electron chi connectivity index (χ3n) is 4.52. The predicted octanol–water partition coefficient (Wildman–Crippen LogP) is 4.83. The topological polar surface area (TPSA) is 87.3 Å². The van der Waals surface area contributed by atoms with Gasteiger partial charge in [0.15, 0.2) is 0 Å². The number of halogens is 1. The Kier molecular flexibility index (Phi) is 5.08. The van der Waals surface area contributed by atoms with Crippen molar-refractivity contribution in [2.24, 2.45) is 0 Å². The Morgan fingerprint density at radius 1 is 1.00 bits per heavy atom. The maximum absolute atomic E-state index is 12.4. The summed E-state index contributed by atoms with van der Waals surface area (Å²) in [7, 11) is 0. The standard InChI is InChI=1S/C21H16ClN3O3S/c1-11(17-8-9-18(29-17)12-2-4-13(22)5-3-12)23-21(28)24-14-6-7-15-16(10-14)20(27)25-19(15)26/h2-11H,1H3,(H2,23,24,28)(H,25,26,27). The Morgan fingerprint density at radius 2 is 1.72 bits per heavy atom. The molecular weight excluding hydrogens is 410 g/mol. The number of nitrogens with one attached hydrogen (secondary N) is 3. The summed E-state index contributed by atoms with van der Waals surface area (Å²) in [5, 5.41) is 8.49. The van der Waals surface area contributed by atoms with Gasteiger partial charge in [0.2, 0.25) is 0 Å². The number of amides is 4. The summed E-state index contributed by atoms with van der Waals surface area (Å²) in [6, 6.07) is 15.6. The minimum Gasteiger partial charge on any atom is -0.331 e. The average molecular weight is 426 g/mol. The maximum Gasteiger partial charge on any atom is 0.319 e. The highest BCUT2D eigenvalue weighted by atomic mass is 35.5. The van der Waals surface area contributed by atoms with E-state index >= 15 is 0 Å². The number of rotatable bonds is 4. The second kappa shape index (κ2) is 7.69. The fraction of sp³-hybridized carbons (Fsp3) is 0.0952. The van der Waals surface area contributed by atoms with E-state index in [-0.39, 0.29) is 11.6 Å². The van der Waals surface area contributed by atoms with Crippen LogP contribution in [-0.2, 0) is 0 Å². The normalized spacial score (nSPS) is 13.6. The molecule has 6 nitrogen and oxygen atoms in total. The molecule has 0 spiro atoms. The summed E-state index contributed by atoms with van der Waals surface area (Å²) >= 11 is 7.52. The summed E-state index contributed by atoms with van der Waals surface area (Å²) in [5.74, 6) is -0.889. The lowest BCUT2D eigenvalue weighted by Gasteiger charge is -2.13. The number of fused-ring (bicyclic) bond motifs is 1. The van der Waals surface area contributed by atoms with Crippen LogP contribution >= 0.6 is 22.9 Å². The number of carbonyl (C=O) groups excluding carboxylic acids is 3. The maximum atomic E-state index is 12.4. The van der Waals surface area contributed by atoms with Gasteiger partial charge < -0.3 is 10.6 Å². The summed E-state index contributed by atoms with van der Waals surface area (Å²) < 4.78 is 0. The Balaban J connectivity index is 1.41. The largest absolute Gasteiger partial charge is 0.331 e. The van der Waals surface area contributed by atoms with Crippen LogP contribution in [-0.4, -0.2) is 17.8 Å². The third kappa shape index (κ3) is 4.01. The van der Waals surface area contributed by atoms with E-state index in [4.69, 9.17) is 11.6 Å². The first-order valence-corrected chi connectivity index (χ1v) is 10.0. The van der Waals surface area contributed by atoms with E-state index in [2.05, 4.69) is 16.0 Å². The summed E-state index contributed by atoms with van der Waals surface area (Å²) in [6.45, 7) is 1.89. The fourth-order valence-corrected chi connectivity index (χ4v) is 4.18. The molecule has 1 aromatic heterocycles. The number of thiophene rings is 1. The molecule has 1 unspecified atom stereocenters. The molecular formula is C21H16ClN3O3S. The molecule has 0 fully saturated rings. The Hall–Kier alpha value is -3.16. The molecule has 0 bridgehead atoms. The first-order valence-electron chi connectivity index (χ1n) is 8.83. The SMILES string of the molecule is CC(NC(=O)Nc1ccc2c(c1)C(=O)NC2=O)c1ccc(-c2ccc(Cl)cc2)s1. The van der Waals surface area contributed by atoms with Crippen molar-refractivity contribution in [1.82, 2.24) is 10.6 Å². The highest BCUT2D eigenvalue weighted by Gasteiger charge is 2.26. The van der Waals surface area contributed by atoms with Crippen LogP contribution in [0.25, 0.3) is 10.4 Å². The molecule has 3 N–H and O–H groups in total. The molecule has 0 radical (unpaired) electrons. The lowest BCUT2D eigenvalue weighted by Crippen LogP contribution is -2.30. The van der Waals surface area contributed by atoms with Gasteiger partial charge in [0, 0.05) is 20.5 Å². The van der Waals surface area contributed by atoms with Crippen LogP contribution in [0.15, 0.2) is 54.6 Å². The smallest absolute Gasteiger partial charge is 0.319 e. The molecule has 2 heterocycles. The van der Waals surface area contributed by atoms with Gasteiger partial charge in [0.25, 0.3) is 11.8 Å².